The van der Waals surface area contributed by atoms with Crippen LogP contribution in [0.2, 0.25) is 5.02 Å². The Morgan fingerprint density at radius 3 is 2.50 bits per heavy atom. The summed E-state index contributed by atoms with van der Waals surface area (Å²) >= 11 is 9.05. The molecule has 104 valence electrons. The van der Waals surface area contributed by atoms with Crippen LogP contribution >= 0.6 is 27.5 Å². The largest absolute Gasteiger partial charge is 0.417 e. The molecule has 1 heterocycles. The minimum atomic E-state index is -4.63. The third-order valence-electron chi connectivity index (χ3n) is 2.55. The van der Waals surface area contributed by atoms with E-state index in [4.69, 9.17) is 11.6 Å². The van der Waals surface area contributed by atoms with Crippen molar-refractivity contribution in [2.24, 2.45) is 0 Å². The van der Waals surface area contributed by atoms with Gasteiger partial charge in [0.15, 0.2) is 5.78 Å². The van der Waals surface area contributed by atoms with Gasteiger partial charge in [-0.2, -0.15) is 13.2 Å². The molecule has 0 saturated heterocycles. The van der Waals surface area contributed by atoms with Gasteiger partial charge in [-0.25, -0.2) is 0 Å². The van der Waals surface area contributed by atoms with E-state index in [9.17, 15) is 18.0 Å². The van der Waals surface area contributed by atoms with Crippen LogP contribution in [0, 0.1) is 0 Å². The second kappa shape index (κ2) is 5.54. The van der Waals surface area contributed by atoms with Gasteiger partial charge in [0.05, 0.1) is 16.1 Å². The summed E-state index contributed by atoms with van der Waals surface area (Å²) in [4.78, 5) is 15.8. The SMILES string of the molecule is O=C(c1ccc(Br)cc1Cl)c1cnccc1C(F)(F)F. The number of aromatic nitrogens is 1. The molecule has 0 unspecified atom stereocenters. The van der Waals surface area contributed by atoms with E-state index in [0.717, 1.165) is 18.5 Å². The van der Waals surface area contributed by atoms with Crippen LogP contribution in [0.1, 0.15) is 21.5 Å². The van der Waals surface area contributed by atoms with E-state index < -0.39 is 23.1 Å². The van der Waals surface area contributed by atoms with E-state index in [2.05, 4.69) is 20.9 Å². The quantitative estimate of drug-likeness (QED) is 0.720. The van der Waals surface area contributed by atoms with Crippen molar-refractivity contribution in [3.05, 3.63) is 62.8 Å². The average Bonchev–Trinajstić information content (AvgIpc) is 2.37. The maximum atomic E-state index is 12.9. The molecule has 7 heteroatoms. The summed E-state index contributed by atoms with van der Waals surface area (Å²) in [6.07, 6.45) is -2.75. The van der Waals surface area contributed by atoms with Crippen LogP contribution in [0.15, 0.2) is 41.1 Å². The molecule has 0 amide bonds. The van der Waals surface area contributed by atoms with Crippen molar-refractivity contribution in [3.8, 4) is 0 Å². The van der Waals surface area contributed by atoms with Crippen LogP contribution in [0.3, 0.4) is 0 Å². The van der Waals surface area contributed by atoms with Crippen LogP contribution in [0.5, 0.6) is 0 Å². The van der Waals surface area contributed by atoms with Crippen LogP contribution in [0.25, 0.3) is 0 Å². The van der Waals surface area contributed by atoms with E-state index in [1.807, 2.05) is 0 Å². The molecule has 2 nitrogen and oxygen atoms in total. The van der Waals surface area contributed by atoms with Crippen molar-refractivity contribution in [2.45, 2.75) is 6.18 Å². The fourth-order valence-electron chi connectivity index (χ4n) is 1.64. The maximum Gasteiger partial charge on any atom is 0.417 e. The summed E-state index contributed by atoms with van der Waals surface area (Å²) in [6, 6.07) is 5.10. The van der Waals surface area contributed by atoms with Gasteiger partial charge in [0.25, 0.3) is 0 Å². The molecule has 0 aliphatic carbocycles. The Morgan fingerprint density at radius 1 is 1.20 bits per heavy atom. The molecule has 0 atom stereocenters. The van der Waals surface area contributed by atoms with Crippen molar-refractivity contribution in [1.29, 1.82) is 0 Å². The maximum absolute atomic E-state index is 12.9. The fourth-order valence-corrected chi connectivity index (χ4v) is 2.40. The number of pyridine rings is 1. The second-order valence-corrected chi connectivity index (χ2v) is 5.20. The van der Waals surface area contributed by atoms with Gasteiger partial charge in [-0.15, -0.1) is 0 Å². The van der Waals surface area contributed by atoms with Gasteiger partial charge in [0.2, 0.25) is 0 Å². The lowest BCUT2D eigenvalue weighted by Gasteiger charge is -2.12. The third-order valence-corrected chi connectivity index (χ3v) is 3.35. The molecule has 0 aliphatic rings. The van der Waals surface area contributed by atoms with E-state index in [0.29, 0.717) is 4.47 Å². The lowest BCUT2D eigenvalue weighted by atomic mass is 10.00. The molecular weight excluding hydrogens is 358 g/mol. The molecule has 0 bridgehead atoms. The number of benzene rings is 1. The number of nitrogens with zero attached hydrogens (tertiary/aromatic N) is 1. The zero-order valence-corrected chi connectivity index (χ0v) is 12.1. The van der Waals surface area contributed by atoms with Gasteiger partial charge >= 0.3 is 6.18 Å². The standard InChI is InChI=1S/C13H6BrClF3NO/c14-7-1-2-8(11(15)5-7)12(20)9-6-19-4-3-10(9)13(16,17)18/h1-6H. The highest BCUT2D eigenvalue weighted by atomic mass is 79.9. The summed E-state index contributed by atoms with van der Waals surface area (Å²) in [5.74, 6) is -0.817. The summed E-state index contributed by atoms with van der Waals surface area (Å²) < 4.78 is 39.2. The molecule has 0 aliphatic heterocycles. The van der Waals surface area contributed by atoms with Crippen LogP contribution < -0.4 is 0 Å². The van der Waals surface area contributed by atoms with Crippen molar-refractivity contribution in [1.82, 2.24) is 4.98 Å². The molecule has 20 heavy (non-hydrogen) atoms. The van der Waals surface area contributed by atoms with Gasteiger partial charge in [0, 0.05) is 22.4 Å². The number of carbonyl (C=O) groups is 1. The first-order valence-electron chi connectivity index (χ1n) is 5.31. The van der Waals surface area contributed by atoms with E-state index in [1.54, 1.807) is 0 Å². The zero-order chi connectivity index (χ0) is 14.9. The minimum absolute atomic E-state index is 0.00614. The lowest BCUT2D eigenvalue weighted by Crippen LogP contribution is -2.14. The average molecular weight is 365 g/mol. The highest BCUT2D eigenvalue weighted by Crippen LogP contribution is 2.33. The molecular formula is C13H6BrClF3NO. The highest BCUT2D eigenvalue weighted by Gasteiger charge is 2.35. The number of ketones is 1. The first kappa shape index (κ1) is 15.0. The molecule has 0 fully saturated rings. The van der Waals surface area contributed by atoms with Gasteiger partial charge in [-0.05, 0) is 24.3 Å². The Hall–Kier alpha value is -1.40. The van der Waals surface area contributed by atoms with Gasteiger partial charge in [-0.1, -0.05) is 27.5 Å². The zero-order valence-electron chi connectivity index (χ0n) is 9.71. The van der Waals surface area contributed by atoms with E-state index >= 15 is 0 Å². The molecule has 2 aromatic rings. The first-order chi connectivity index (χ1) is 9.30. The topological polar surface area (TPSA) is 30.0 Å². The Kier molecular flexibility index (Phi) is 4.15. The predicted molar refractivity (Wildman–Crippen MR) is 71.8 cm³/mol. The Morgan fingerprint density at radius 2 is 1.90 bits per heavy atom. The van der Waals surface area contributed by atoms with Gasteiger partial charge in [0.1, 0.15) is 0 Å². The molecule has 2 rings (SSSR count). The van der Waals surface area contributed by atoms with E-state index in [-0.39, 0.29) is 10.6 Å². The molecule has 1 aromatic carbocycles. The normalized spacial score (nSPS) is 11.4. The first-order valence-corrected chi connectivity index (χ1v) is 6.49. The van der Waals surface area contributed by atoms with Crippen molar-refractivity contribution >= 4 is 33.3 Å². The van der Waals surface area contributed by atoms with Crippen molar-refractivity contribution < 1.29 is 18.0 Å². The number of hydrogen-bond acceptors (Lipinski definition) is 2. The van der Waals surface area contributed by atoms with Crippen molar-refractivity contribution in [3.63, 3.8) is 0 Å². The monoisotopic (exact) mass is 363 g/mol. The number of carbonyl (C=O) groups excluding carboxylic acids is 1. The smallest absolute Gasteiger partial charge is 0.288 e. The summed E-state index contributed by atoms with van der Waals surface area (Å²) in [7, 11) is 0. The van der Waals surface area contributed by atoms with Crippen LogP contribution in [-0.2, 0) is 6.18 Å². The number of hydrogen-bond donors (Lipinski definition) is 0. The lowest BCUT2D eigenvalue weighted by molar-refractivity contribution is -0.137. The van der Waals surface area contributed by atoms with Crippen molar-refractivity contribution in [2.75, 3.05) is 0 Å². The van der Waals surface area contributed by atoms with Gasteiger partial charge in [-0.3, -0.25) is 9.78 Å². The molecule has 1 aromatic heterocycles. The molecule has 0 saturated carbocycles. The molecule has 0 N–H and O–H groups in total. The summed E-state index contributed by atoms with van der Waals surface area (Å²) in [5.41, 5.74) is -1.56. The highest BCUT2D eigenvalue weighted by molar-refractivity contribution is 9.10. The predicted octanol–water partition coefficient (Wildman–Crippen LogP) is 4.75. The van der Waals surface area contributed by atoms with E-state index in [1.165, 1.54) is 18.2 Å². The molecule has 0 spiro atoms. The molecule has 0 radical (unpaired) electrons. The summed E-state index contributed by atoms with van der Waals surface area (Å²) in [6.45, 7) is 0. The summed E-state index contributed by atoms with van der Waals surface area (Å²) in [5, 5.41) is 0.0707. The van der Waals surface area contributed by atoms with Crippen LogP contribution in [0.4, 0.5) is 13.2 Å². The third kappa shape index (κ3) is 3.02. The minimum Gasteiger partial charge on any atom is -0.288 e. The number of rotatable bonds is 2. The second-order valence-electron chi connectivity index (χ2n) is 3.87. The Labute approximate surface area is 125 Å². The van der Waals surface area contributed by atoms with Gasteiger partial charge < -0.3 is 0 Å². The number of halogens is 5. The number of alkyl halides is 3. The fraction of sp³-hybridized carbons (Fsp3) is 0.0769. The Bertz CT molecular complexity index is 673. The van der Waals surface area contributed by atoms with Crippen LogP contribution in [-0.4, -0.2) is 10.8 Å². The Balaban J connectivity index is 2.55.